The number of fused-ring (bicyclic) bond motifs is 3. The first-order valence-corrected chi connectivity index (χ1v) is 5.38. The summed E-state index contributed by atoms with van der Waals surface area (Å²) in [4.78, 5) is 17.6. The van der Waals surface area contributed by atoms with E-state index in [2.05, 4.69) is 15.2 Å². The molecule has 15 heavy (non-hydrogen) atoms. The van der Waals surface area contributed by atoms with E-state index >= 15 is 0 Å². The fourth-order valence-corrected chi connectivity index (χ4v) is 2.48. The molecular formula is C9H11ClN4O. The first kappa shape index (κ1) is 9.18. The molecule has 80 valence electrons. The second-order valence-corrected chi connectivity index (χ2v) is 4.27. The number of halogens is 1. The number of aromatic nitrogens is 2. The molecule has 3 heterocycles. The molecule has 1 saturated heterocycles. The Morgan fingerprint density at radius 3 is 3.33 bits per heavy atom. The van der Waals surface area contributed by atoms with Crippen LogP contribution in [0.2, 0.25) is 5.15 Å². The number of nitrogens with zero attached hydrogens (tertiary/aromatic N) is 3. The van der Waals surface area contributed by atoms with Crippen molar-refractivity contribution in [3.8, 4) is 0 Å². The fraction of sp³-hybridized carbons (Fsp3) is 0.556. The summed E-state index contributed by atoms with van der Waals surface area (Å²) in [6.45, 7) is 3.50. The highest BCUT2D eigenvalue weighted by Crippen LogP contribution is 2.26. The van der Waals surface area contributed by atoms with E-state index < -0.39 is 0 Å². The zero-order valence-electron chi connectivity index (χ0n) is 8.11. The molecule has 1 unspecified atom stereocenters. The molecule has 0 aliphatic carbocycles. The predicted molar refractivity (Wildman–Crippen MR) is 57.5 cm³/mol. The maximum atomic E-state index is 11.6. The van der Waals surface area contributed by atoms with Gasteiger partial charge >= 0.3 is 5.69 Å². The molecule has 1 N–H and O–H groups in total. The largest absolute Gasteiger partial charge is 0.350 e. The minimum absolute atomic E-state index is 0.244. The van der Waals surface area contributed by atoms with Crippen LogP contribution in [-0.2, 0) is 6.54 Å². The summed E-state index contributed by atoms with van der Waals surface area (Å²) < 4.78 is 1.70. The lowest BCUT2D eigenvalue weighted by Gasteiger charge is -2.31. The Labute approximate surface area is 91.7 Å². The normalized spacial score (nSPS) is 23.8. The van der Waals surface area contributed by atoms with Gasteiger partial charge in [0.05, 0.1) is 12.6 Å². The van der Waals surface area contributed by atoms with Gasteiger partial charge in [-0.2, -0.15) is 4.98 Å². The van der Waals surface area contributed by atoms with E-state index in [1.165, 1.54) is 0 Å². The Morgan fingerprint density at radius 2 is 2.47 bits per heavy atom. The Kier molecular flexibility index (Phi) is 1.97. The van der Waals surface area contributed by atoms with Crippen LogP contribution in [0.1, 0.15) is 0 Å². The molecule has 2 aliphatic rings. The number of hydrogen-bond donors (Lipinski definition) is 1. The lowest BCUT2D eigenvalue weighted by atomic mass is 10.2. The van der Waals surface area contributed by atoms with Gasteiger partial charge in [-0.05, 0) is 0 Å². The molecule has 0 saturated carbocycles. The molecule has 1 aromatic heterocycles. The van der Waals surface area contributed by atoms with Gasteiger partial charge in [-0.3, -0.25) is 4.57 Å². The van der Waals surface area contributed by atoms with Crippen LogP contribution < -0.4 is 15.9 Å². The second-order valence-electron chi connectivity index (χ2n) is 3.88. The highest BCUT2D eigenvalue weighted by molar-refractivity contribution is 6.29. The topological polar surface area (TPSA) is 50.2 Å². The Hall–Kier alpha value is -1.07. The van der Waals surface area contributed by atoms with Crippen molar-refractivity contribution < 1.29 is 0 Å². The predicted octanol–water partition coefficient (Wildman–Crippen LogP) is -0.312. The van der Waals surface area contributed by atoms with Crippen molar-refractivity contribution in [3.05, 3.63) is 21.7 Å². The standard InChI is InChI=1S/C9H11ClN4O/c10-7-3-8-13-2-1-11-4-6(13)5-14(8)9(15)12-7/h3,6,11H,1-2,4-5H2. The molecule has 1 atom stereocenters. The van der Waals surface area contributed by atoms with Crippen LogP contribution in [0.15, 0.2) is 10.9 Å². The minimum atomic E-state index is -0.244. The van der Waals surface area contributed by atoms with Gasteiger partial charge in [0.15, 0.2) is 0 Å². The number of rotatable bonds is 0. The zero-order valence-corrected chi connectivity index (χ0v) is 8.87. The van der Waals surface area contributed by atoms with E-state index in [4.69, 9.17) is 11.6 Å². The van der Waals surface area contributed by atoms with Crippen molar-refractivity contribution in [3.63, 3.8) is 0 Å². The molecule has 1 aromatic rings. The maximum Gasteiger partial charge on any atom is 0.350 e. The van der Waals surface area contributed by atoms with E-state index in [1.807, 2.05) is 0 Å². The Morgan fingerprint density at radius 1 is 1.60 bits per heavy atom. The number of nitrogens with one attached hydrogen (secondary N) is 1. The zero-order chi connectivity index (χ0) is 10.4. The Bertz CT molecular complexity index is 458. The summed E-state index contributed by atoms with van der Waals surface area (Å²) in [5.41, 5.74) is -0.244. The van der Waals surface area contributed by atoms with Crippen LogP contribution in [0, 0.1) is 0 Å². The van der Waals surface area contributed by atoms with Crippen LogP contribution in [0.4, 0.5) is 5.82 Å². The first-order valence-electron chi connectivity index (χ1n) is 5.00. The molecule has 0 aromatic carbocycles. The van der Waals surface area contributed by atoms with Gasteiger partial charge in [0.25, 0.3) is 0 Å². The number of piperazine rings is 1. The highest BCUT2D eigenvalue weighted by Gasteiger charge is 2.32. The molecule has 5 nitrogen and oxygen atoms in total. The minimum Gasteiger partial charge on any atom is -0.350 e. The van der Waals surface area contributed by atoms with Gasteiger partial charge in [-0.25, -0.2) is 4.79 Å². The van der Waals surface area contributed by atoms with Gasteiger partial charge in [0.2, 0.25) is 0 Å². The van der Waals surface area contributed by atoms with Gasteiger partial charge < -0.3 is 10.2 Å². The third kappa shape index (κ3) is 1.34. The van der Waals surface area contributed by atoms with Crippen molar-refractivity contribution in [2.45, 2.75) is 12.6 Å². The average molecular weight is 227 g/mol. The van der Waals surface area contributed by atoms with E-state index in [0.29, 0.717) is 12.6 Å². The molecule has 2 aliphatic heterocycles. The van der Waals surface area contributed by atoms with Gasteiger partial charge in [-0.1, -0.05) is 11.6 Å². The SMILES string of the molecule is O=c1nc(Cl)cc2n1CC1CNCCN21. The third-order valence-electron chi connectivity index (χ3n) is 3.00. The molecule has 1 fully saturated rings. The monoisotopic (exact) mass is 226 g/mol. The van der Waals surface area contributed by atoms with Crippen molar-refractivity contribution >= 4 is 17.4 Å². The lowest BCUT2D eigenvalue weighted by molar-refractivity contribution is 0.474. The number of anilines is 1. The van der Waals surface area contributed by atoms with Crippen LogP contribution in [0.5, 0.6) is 0 Å². The van der Waals surface area contributed by atoms with Crippen molar-refractivity contribution in [1.82, 2.24) is 14.9 Å². The summed E-state index contributed by atoms with van der Waals surface area (Å²) in [7, 11) is 0. The molecule has 6 heteroatoms. The van der Waals surface area contributed by atoms with E-state index in [0.717, 1.165) is 25.5 Å². The molecule has 0 bridgehead atoms. The van der Waals surface area contributed by atoms with E-state index in [1.54, 1.807) is 10.6 Å². The Balaban J connectivity index is 2.12. The van der Waals surface area contributed by atoms with Crippen LogP contribution in [0.3, 0.4) is 0 Å². The summed E-state index contributed by atoms with van der Waals surface area (Å²) >= 11 is 5.79. The first-order chi connectivity index (χ1) is 7.25. The van der Waals surface area contributed by atoms with E-state index in [9.17, 15) is 4.79 Å². The van der Waals surface area contributed by atoms with Crippen LogP contribution in [-0.4, -0.2) is 35.2 Å². The number of hydrogen-bond acceptors (Lipinski definition) is 4. The third-order valence-corrected chi connectivity index (χ3v) is 3.19. The molecular weight excluding hydrogens is 216 g/mol. The van der Waals surface area contributed by atoms with Crippen LogP contribution in [0.25, 0.3) is 0 Å². The summed E-state index contributed by atoms with van der Waals surface area (Å²) in [5.74, 6) is 0.909. The lowest BCUT2D eigenvalue weighted by Crippen LogP contribution is -2.49. The van der Waals surface area contributed by atoms with E-state index in [-0.39, 0.29) is 10.8 Å². The van der Waals surface area contributed by atoms with Gasteiger partial charge in [-0.15, -0.1) is 0 Å². The van der Waals surface area contributed by atoms with Gasteiger partial charge in [0, 0.05) is 25.7 Å². The summed E-state index contributed by atoms with van der Waals surface area (Å²) in [6, 6.07) is 2.14. The molecule has 0 spiro atoms. The smallest absolute Gasteiger partial charge is 0.350 e. The van der Waals surface area contributed by atoms with Crippen molar-refractivity contribution in [1.29, 1.82) is 0 Å². The van der Waals surface area contributed by atoms with Crippen molar-refractivity contribution in [2.75, 3.05) is 24.5 Å². The second kappa shape index (κ2) is 3.21. The summed E-state index contributed by atoms with van der Waals surface area (Å²) in [5, 5.41) is 3.60. The van der Waals surface area contributed by atoms with Gasteiger partial charge in [0.1, 0.15) is 11.0 Å². The maximum absolute atomic E-state index is 11.6. The summed E-state index contributed by atoms with van der Waals surface area (Å²) in [6.07, 6.45) is 0. The molecule has 0 amide bonds. The molecule has 0 radical (unpaired) electrons. The average Bonchev–Trinajstić information content (AvgIpc) is 2.57. The van der Waals surface area contributed by atoms with Crippen molar-refractivity contribution in [2.24, 2.45) is 0 Å². The fourth-order valence-electron chi connectivity index (χ4n) is 2.31. The van der Waals surface area contributed by atoms with Crippen LogP contribution >= 0.6 is 11.6 Å². The quantitative estimate of drug-likeness (QED) is 0.617. The highest BCUT2D eigenvalue weighted by atomic mass is 35.5. The molecule has 3 rings (SSSR count).